The highest BCUT2D eigenvalue weighted by Gasteiger charge is 2.28. The summed E-state index contributed by atoms with van der Waals surface area (Å²) in [4.78, 5) is 41.1. The van der Waals surface area contributed by atoms with Gasteiger partial charge in [0.05, 0.1) is 12.5 Å². The molecule has 1 aliphatic rings. The number of amides is 2. The molecule has 1 atom stereocenters. The lowest BCUT2D eigenvalue weighted by Crippen LogP contribution is -2.35. The fraction of sp³-hybridized carbons (Fsp3) is 0.174. The molecular formula is C23H21N3O3. The van der Waals surface area contributed by atoms with Crippen molar-refractivity contribution in [1.82, 2.24) is 15.2 Å². The van der Waals surface area contributed by atoms with E-state index in [0.717, 1.165) is 22.1 Å². The molecule has 2 amide bonds. The Morgan fingerprint density at radius 3 is 2.59 bits per heavy atom. The van der Waals surface area contributed by atoms with Crippen LogP contribution in [-0.4, -0.2) is 21.7 Å². The Hall–Kier alpha value is -3.67. The molecule has 0 saturated heterocycles. The molecule has 6 nitrogen and oxygen atoms in total. The second kappa shape index (κ2) is 7.75. The molecule has 2 N–H and O–H groups in total. The van der Waals surface area contributed by atoms with Crippen molar-refractivity contribution in [2.24, 2.45) is 0 Å². The summed E-state index contributed by atoms with van der Waals surface area (Å²) >= 11 is 0. The van der Waals surface area contributed by atoms with E-state index in [1.165, 1.54) is 6.92 Å². The van der Waals surface area contributed by atoms with Crippen LogP contribution in [0.3, 0.4) is 0 Å². The Balaban J connectivity index is 1.53. The van der Waals surface area contributed by atoms with E-state index in [9.17, 15) is 14.4 Å². The largest absolute Gasteiger partial charge is 0.352 e. The van der Waals surface area contributed by atoms with Crippen molar-refractivity contribution in [2.45, 2.75) is 25.9 Å². The Morgan fingerprint density at radius 2 is 1.79 bits per heavy atom. The normalized spacial score (nSPS) is 15.2. The summed E-state index contributed by atoms with van der Waals surface area (Å²) in [5.74, 6) is -0.276. The molecule has 29 heavy (non-hydrogen) atoms. The number of pyridine rings is 1. The van der Waals surface area contributed by atoms with Gasteiger partial charge in [0.2, 0.25) is 11.8 Å². The highest BCUT2D eigenvalue weighted by molar-refractivity contribution is 5.85. The third kappa shape index (κ3) is 3.69. The molecule has 0 aliphatic carbocycles. The summed E-state index contributed by atoms with van der Waals surface area (Å²) in [6.07, 6.45) is 5.41. The number of aromatic nitrogens is 1. The maximum absolute atomic E-state index is 12.7. The molecule has 6 heteroatoms. The minimum absolute atomic E-state index is 0.111. The second-order valence-electron chi connectivity index (χ2n) is 7.06. The highest BCUT2D eigenvalue weighted by atomic mass is 16.2. The first-order valence-corrected chi connectivity index (χ1v) is 9.46. The Labute approximate surface area is 167 Å². The first-order valence-electron chi connectivity index (χ1n) is 9.46. The molecule has 1 aromatic heterocycles. The number of nitrogens with zero attached hydrogens (tertiary/aromatic N) is 1. The van der Waals surface area contributed by atoms with E-state index in [1.54, 1.807) is 23.4 Å². The number of nitrogens with one attached hydrogen (secondary N) is 2. The van der Waals surface area contributed by atoms with Crippen LogP contribution in [0.2, 0.25) is 0 Å². The number of fused-ring (bicyclic) bond motifs is 2. The molecule has 1 aliphatic heterocycles. The average molecular weight is 387 g/mol. The lowest BCUT2D eigenvalue weighted by atomic mass is 9.93. The van der Waals surface area contributed by atoms with Crippen molar-refractivity contribution in [3.8, 4) is 0 Å². The van der Waals surface area contributed by atoms with Gasteiger partial charge in [-0.1, -0.05) is 42.5 Å². The molecule has 2 heterocycles. The molecule has 0 bridgehead atoms. The maximum atomic E-state index is 12.7. The van der Waals surface area contributed by atoms with E-state index in [2.05, 4.69) is 10.3 Å². The summed E-state index contributed by atoms with van der Waals surface area (Å²) in [5, 5.41) is 4.33. The summed E-state index contributed by atoms with van der Waals surface area (Å²) in [6, 6.07) is 14.7. The topological polar surface area (TPSA) is 82.3 Å². The SMILES string of the molecule is CC(=O)N1C=Cc2ccccc2C1CC(=O)NCc1c[nH]c(=O)c2ccccc12. The summed E-state index contributed by atoms with van der Waals surface area (Å²) in [6.45, 7) is 1.79. The van der Waals surface area contributed by atoms with Gasteiger partial charge in [-0.05, 0) is 34.2 Å². The Morgan fingerprint density at radius 1 is 1.07 bits per heavy atom. The van der Waals surface area contributed by atoms with Crippen LogP contribution in [0.15, 0.2) is 65.7 Å². The molecule has 0 saturated carbocycles. The maximum Gasteiger partial charge on any atom is 0.255 e. The molecule has 1 unspecified atom stereocenters. The molecule has 0 fully saturated rings. The van der Waals surface area contributed by atoms with Crippen LogP contribution in [0, 0.1) is 0 Å². The first-order chi connectivity index (χ1) is 14.0. The van der Waals surface area contributed by atoms with Gasteiger partial charge in [0.15, 0.2) is 0 Å². The van der Waals surface area contributed by atoms with Crippen molar-refractivity contribution < 1.29 is 9.59 Å². The van der Waals surface area contributed by atoms with E-state index in [0.29, 0.717) is 11.9 Å². The summed E-state index contributed by atoms with van der Waals surface area (Å²) < 4.78 is 0. The van der Waals surface area contributed by atoms with Crippen LogP contribution in [0.1, 0.15) is 36.1 Å². The molecule has 146 valence electrons. The number of rotatable bonds is 4. The fourth-order valence-corrected chi connectivity index (χ4v) is 3.77. The van der Waals surface area contributed by atoms with Crippen LogP contribution >= 0.6 is 0 Å². The number of aromatic amines is 1. The van der Waals surface area contributed by atoms with Crippen LogP contribution in [0.4, 0.5) is 0 Å². The second-order valence-corrected chi connectivity index (χ2v) is 7.06. The minimum atomic E-state index is -0.346. The van der Waals surface area contributed by atoms with Gasteiger partial charge in [-0.2, -0.15) is 0 Å². The van der Waals surface area contributed by atoms with Crippen molar-refractivity contribution in [3.05, 3.63) is 88.0 Å². The zero-order valence-corrected chi connectivity index (χ0v) is 16.0. The van der Waals surface area contributed by atoms with Crippen LogP contribution in [0.5, 0.6) is 0 Å². The van der Waals surface area contributed by atoms with E-state index in [4.69, 9.17) is 0 Å². The fourth-order valence-electron chi connectivity index (χ4n) is 3.77. The Bertz CT molecular complexity index is 1180. The zero-order valence-electron chi connectivity index (χ0n) is 16.0. The van der Waals surface area contributed by atoms with Gasteiger partial charge in [-0.15, -0.1) is 0 Å². The quantitative estimate of drug-likeness (QED) is 0.722. The van der Waals surface area contributed by atoms with Crippen molar-refractivity contribution in [1.29, 1.82) is 0 Å². The number of H-pyrrole nitrogens is 1. The van der Waals surface area contributed by atoms with Crippen molar-refractivity contribution in [3.63, 3.8) is 0 Å². The van der Waals surface area contributed by atoms with Gasteiger partial charge in [0, 0.05) is 31.3 Å². The number of hydrogen-bond donors (Lipinski definition) is 2. The smallest absolute Gasteiger partial charge is 0.255 e. The number of benzene rings is 2. The van der Waals surface area contributed by atoms with Gasteiger partial charge in [0.25, 0.3) is 5.56 Å². The summed E-state index contributed by atoms with van der Waals surface area (Å²) in [5.41, 5.74) is 2.64. The molecular weight excluding hydrogens is 366 g/mol. The lowest BCUT2D eigenvalue weighted by Gasteiger charge is -2.32. The van der Waals surface area contributed by atoms with E-state index in [-0.39, 0.29) is 29.8 Å². The van der Waals surface area contributed by atoms with E-state index in [1.807, 2.05) is 48.5 Å². The van der Waals surface area contributed by atoms with Gasteiger partial charge < -0.3 is 15.2 Å². The monoisotopic (exact) mass is 387 g/mol. The van der Waals surface area contributed by atoms with Crippen LogP contribution in [-0.2, 0) is 16.1 Å². The van der Waals surface area contributed by atoms with Gasteiger partial charge in [-0.3, -0.25) is 14.4 Å². The van der Waals surface area contributed by atoms with Crippen LogP contribution in [0.25, 0.3) is 16.8 Å². The number of carbonyl (C=O) groups excluding carboxylic acids is 2. The predicted octanol–water partition coefficient (Wildman–Crippen LogP) is 3.11. The molecule has 3 aromatic rings. The third-order valence-electron chi connectivity index (χ3n) is 5.22. The molecule has 0 radical (unpaired) electrons. The van der Waals surface area contributed by atoms with Crippen LogP contribution < -0.4 is 10.9 Å². The third-order valence-corrected chi connectivity index (χ3v) is 5.22. The predicted molar refractivity (Wildman–Crippen MR) is 112 cm³/mol. The molecule has 4 rings (SSSR count). The molecule has 2 aromatic carbocycles. The lowest BCUT2D eigenvalue weighted by molar-refractivity contribution is -0.130. The van der Waals surface area contributed by atoms with E-state index >= 15 is 0 Å². The highest BCUT2D eigenvalue weighted by Crippen LogP contribution is 2.32. The Kier molecular flexibility index (Phi) is 4.99. The zero-order chi connectivity index (χ0) is 20.4. The summed E-state index contributed by atoms with van der Waals surface area (Å²) in [7, 11) is 0. The molecule has 0 spiro atoms. The van der Waals surface area contributed by atoms with Gasteiger partial charge in [-0.25, -0.2) is 0 Å². The average Bonchev–Trinajstić information content (AvgIpc) is 2.73. The standard InChI is InChI=1S/C23H21N3O3/c1-15(27)26-11-10-16-6-2-3-8-19(16)21(26)12-22(28)24-13-17-14-25-23(29)20-9-5-4-7-18(17)20/h2-11,14,21H,12-13H2,1H3,(H,24,28)(H,25,29). The van der Waals surface area contributed by atoms with Gasteiger partial charge in [0.1, 0.15) is 0 Å². The first kappa shape index (κ1) is 18.7. The number of hydrogen-bond acceptors (Lipinski definition) is 3. The number of carbonyl (C=O) groups is 2. The van der Waals surface area contributed by atoms with Crippen molar-refractivity contribution in [2.75, 3.05) is 0 Å². The van der Waals surface area contributed by atoms with Gasteiger partial charge >= 0.3 is 0 Å². The van der Waals surface area contributed by atoms with E-state index < -0.39 is 0 Å². The van der Waals surface area contributed by atoms with Crippen molar-refractivity contribution >= 4 is 28.7 Å². The minimum Gasteiger partial charge on any atom is -0.352 e.